The molecule has 3 aromatic rings. The predicted molar refractivity (Wildman–Crippen MR) is 104 cm³/mol. The summed E-state index contributed by atoms with van der Waals surface area (Å²) in [5.74, 6) is -0.340. The minimum Gasteiger partial charge on any atom is -0.487 e. The molecule has 6 nitrogen and oxygen atoms in total. The van der Waals surface area contributed by atoms with E-state index < -0.39 is 51.9 Å². The van der Waals surface area contributed by atoms with Gasteiger partial charge in [-0.25, -0.2) is 9.18 Å². The number of fused-ring (bicyclic) bond motifs is 1. The van der Waals surface area contributed by atoms with Crippen LogP contribution >= 0.6 is 23.4 Å². The maximum Gasteiger partial charge on any atom is 0.417 e. The molecule has 160 valence electrons. The van der Waals surface area contributed by atoms with Crippen LogP contribution in [-0.4, -0.2) is 33.5 Å². The summed E-state index contributed by atoms with van der Waals surface area (Å²) in [5, 5.41) is 8.45. The van der Waals surface area contributed by atoms with E-state index in [1.54, 1.807) is 0 Å². The number of rotatable bonds is 6. The van der Waals surface area contributed by atoms with Crippen LogP contribution in [-0.2, 0) is 6.18 Å². The zero-order valence-electron chi connectivity index (χ0n) is 14.8. The van der Waals surface area contributed by atoms with Gasteiger partial charge < -0.3 is 14.8 Å². The molecule has 0 aliphatic carbocycles. The molecule has 0 unspecified atom stereocenters. The molecule has 0 saturated heterocycles. The summed E-state index contributed by atoms with van der Waals surface area (Å²) in [7, 11) is 0. The second kappa shape index (κ2) is 8.70. The zero-order valence-corrected chi connectivity index (χ0v) is 16.4. The number of benzene rings is 2. The SMILES string of the molecule is O=c1[nH]c(=O)c2cc(C(F)(F)F)c(Cl)c(SC[C@H](CO)Oc3ccc(F)cc3)c2[nH]1. The summed E-state index contributed by atoms with van der Waals surface area (Å²) in [6.07, 6.45) is -5.74. The van der Waals surface area contributed by atoms with Gasteiger partial charge in [0.15, 0.2) is 0 Å². The molecule has 0 aliphatic heterocycles. The first-order valence-electron chi connectivity index (χ1n) is 8.32. The largest absolute Gasteiger partial charge is 0.487 e. The van der Waals surface area contributed by atoms with Crippen molar-refractivity contribution in [1.82, 2.24) is 9.97 Å². The van der Waals surface area contributed by atoms with Crippen LogP contribution in [0, 0.1) is 5.82 Å². The highest BCUT2D eigenvalue weighted by Gasteiger charge is 2.35. The number of ether oxygens (including phenoxy) is 1. The zero-order chi connectivity index (χ0) is 22.1. The fraction of sp³-hybridized carbons (Fsp3) is 0.222. The molecule has 1 heterocycles. The maximum absolute atomic E-state index is 13.4. The lowest BCUT2D eigenvalue weighted by Gasteiger charge is -2.19. The lowest BCUT2D eigenvalue weighted by Crippen LogP contribution is -2.25. The van der Waals surface area contributed by atoms with Crippen molar-refractivity contribution in [2.24, 2.45) is 0 Å². The number of nitrogens with one attached hydrogen (secondary N) is 2. The fourth-order valence-electron chi connectivity index (χ4n) is 2.60. The van der Waals surface area contributed by atoms with Gasteiger partial charge in [0.05, 0.1) is 33.0 Å². The molecule has 0 fully saturated rings. The van der Waals surface area contributed by atoms with Gasteiger partial charge in [0.2, 0.25) is 0 Å². The molecule has 1 atom stereocenters. The van der Waals surface area contributed by atoms with E-state index in [0.717, 1.165) is 23.9 Å². The highest BCUT2D eigenvalue weighted by Crippen LogP contribution is 2.42. The van der Waals surface area contributed by atoms with E-state index in [2.05, 4.69) is 4.98 Å². The maximum atomic E-state index is 13.4. The topological polar surface area (TPSA) is 95.2 Å². The number of aromatic nitrogens is 2. The Hall–Kier alpha value is -2.50. The predicted octanol–water partition coefficient (Wildman–Crippen LogP) is 3.56. The van der Waals surface area contributed by atoms with E-state index >= 15 is 0 Å². The number of H-pyrrole nitrogens is 2. The quantitative estimate of drug-likeness (QED) is 0.383. The van der Waals surface area contributed by atoms with Gasteiger partial charge in [0.25, 0.3) is 5.56 Å². The standard InChI is InChI=1S/C18H13ClF4N2O4S/c19-13-12(18(21,22)23)5-11-14(24-17(28)25-16(11)27)15(13)30-7-10(6-26)29-9-3-1-8(20)2-4-9/h1-5,10,26H,6-7H2,(H2,24,25,27,28)/t10-/m0/s1. The lowest BCUT2D eigenvalue weighted by molar-refractivity contribution is -0.137. The molecule has 0 saturated carbocycles. The van der Waals surface area contributed by atoms with E-state index in [0.29, 0.717) is 6.07 Å². The minimum absolute atomic E-state index is 0.0845. The Balaban J connectivity index is 1.99. The van der Waals surface area contributed by atoms with Crippen molar-refractivity contribution < 1.29 is 27.4 Å². The second-order valence-electron chi connectivity index (χ2n) is 6.08. The van der Waals surface area contributed by atoms with Crippen molar-refractivity contribution in [2.75, 3.05) is 12.4 Å². The van der Waals surface area contributed by atoms with Gasteiger partial charge in [0, 0.05) is 5.75 Å². The Morgan fingerprint density at radius 2 is 1.83 bits per heavy atom. The molecule has 3 rings (SSSR count). The Bertz CT molecular complexity index is 1180. The van der Waals surface area contributed by atoms with E-state index in [9.17, 15) is 32.3 Å². The van der Waals surface area contributed by atoms with E-state index in [1.165, 1.54) is 12.1 Å². The summed E-state index contributed by atoms with van der Waals surface area (Å²) in [6, 6.07) is 5.50. The minimum atomic E-state index is -4.84. The average molecular weight is 465 g/mol. The molecule has 0 spiro atoms. The summed E-state index contributed by atoms with van der Waals surface area (Å²) >= 11 is 6.73. The van der Waals surface area contributed by atoms with Crippen molar-refractivity contribution >= 4 is 34.3 Å². The molecule has 0 aliphatic rings. The van der Waals surface area contributed by atoms with Crippen LogP contribution in [0.3, 0.4) is 0 Å². The number of thioether (sulfide) groups is 1. The first-order valence-corrected chi connectivity index (χ1v) is 9.68. The summed E-state index contributed by atoms with van der Waals surface area (Å²) in [6.45, 7) is -0.504. The third kappa shape index (κ3) is 4.79. The van der Waals surface area contributed by atoms with Gasteiger partial charge in [-0.3, -0.25) is 9.78 Å². The van der Waals surface area contributed by atoms with Gasteiger partial charge in [0.1, 0.15) is 17.7 Å². The van der Waals surface area contributed by atoms with Crippen LogP contribution in [0.25, 0.3) is 10.9 Å². The van der Waals surface area contributed by atoms with Crippen molar-refractivity contribution in [3.63, 3.8) is 0 Å². The number of hydrogen-bond acceptors (Lipinski definition) is 5. The van der Waals surface area contributed by atoms with E-state index in [4.69, 9.17) is 16.3 Å². The van der Waals surface area contributed by atoms with E-state index in [-0.39, 0.29) is 21.9 Å². The van der Waals surface area contributed by atoms with Crippen molar-refractivity contribution in [2.45, 2.75) is 17.2 Å². The third-order valence-electron chi connectivity index (χ3n) is 3.97. The third-order valence-corrected chi connectivity index (χ3v) is 5.71. The lowest BCUT2D eigenvalue weighted by atomic mass is 10.1. The normalized spacial score (nSPS) is 12.9. The number of hydrogen-bond donors (Lipinski definition) is 3. The molecule has 0 amide bonds. The van der Waals surface area contributed by atoms with E-state index in [1.807, 2.05) is 4.98 Å². The Labute approximate surface area is 174 Å². The highest BCUT2D eigenvalue weighted by molar-refractivity contribution is 7.99. The van der Waals surface area contributed by atoms with Gasteiger partial charge in [-0.1, -0.05) is 11.6 Å². The van der Waals surface area contributed by atoms with Crippen LogP contribution < -0.4 is 16.0 Å². The summed E-state index contributed by atoms with van der Waals surface area (Å²) in [4.78, 5) is 27.6. The van der Waals surface area contributed by atoms with Crippen molar-refractivity contribution in [3.8, 4) is 5.75 Å². The summed E-state index contributed by atoms with van der Waals surface area (Å²) < 4.78 is 58.6. The van der Waals surface area contributed by atoms with Crippen molar-refractivity contribution in [1.29, 1.82) is 0 Å². The molecule has 3 N–H and O–H groups in total. The molecule has 1 aromatic heterocycles. The van der Waals surface area contributed by atoms with Crippen LogP contribution in [0.2, 0.25) is 5.02 Å². The number of alkyl halides is 3. The number of aliphatic hydroxyl groups is 1. The fourth-order valence-corrected chi connectivity index (χ4v) is 4.09. The first-order chi connectivity index (χ1) is 14.1. The highest BCUT2D eigenvalue weighted by atomic mass is 35.5. The summed E-state index contributed by atoms with van der Waals surface area (Å²) in [5.41, 5.74) is -3.31. The van der Waals surface area contributed by atoms with Crippen LogP contribution in [0.15, 0.2) is 44.8 Å². The molecular weight excluding hydrogens is 452 g/mol. The average Bonchev–Trinajstić information content (AvgIpc) is 2.66. The molecule has 2 aromatic carbocycles. The Morgan fingerprint density at radius 3 is 2.43 bits per heavy atom. The van der Waals surface area contributed by atoms with Gasteiger partial charge >= 0.3 is 11.9 Å². The van der Waals surface area contributed by atoms with Gasteiger partial charge in [-0.2, -0.15) is 13.2 Å². The molecular formula is C18H13ClF4N2O4S. The molecule has 0 radical (unpaired) electrons. The number of aliphatic hydroxyl groups excluding tert-OH is 1. The van der Waals surface area contributed by atoms with Crippen molar-refractivity contribution in [3.05, 3.63) is 67.6 Å². The Kier molecular flexibility index (Phi) is 6.44. The number of halogens is 5. The number of aromatic amines is 2. The van der Waals surface area contributed by atoms with Crippen LogP contribution in [0.4, 0.5) is 17.6 Å². The van der Waals surface area contributed by atoms with Crippen LogP contribution in [0.1, 0.15) is 5.56 Å². The molecule has 30 heavy (non-hydrogen) atoms. The van der Waals surface area contributed by atoms with Gasteiger partial charge in [-0.05, 0) is 30.3 Å². The molecule has 12 heteroatoms. The monoisotopic (exact) mass is 464 g/mol. The van der Waals surface area contributed by atoms with Gasteiger partial charge in [-0.15, -0.1) is 11.8 Å². The second-order valence-corrected chi connectivity index (χ2v) is 7.49. The molecule has 0 bridgehead atoms. The first kappa shape index (κ1) is 22.2. The Morgan fingerprint density at radius 1 is 1.17 bits per heavy atom. The van der Waals surface area contributed by atoms with Crippen LogP contribution in [0.5, 0.6) is 5.75 Å². The smallest absolute Gasteiger partial charge is 0.417 e.